The van der Waals surface area contributed by atoms with Gasteiger partial charge in [-0.3, -0.25) is 4.68 Å². The molecule has 1 atom stereocenters. The fourth-order valence-electron chi connectivity index (χ4n) is 2.81. The van der Waals surface area contributed by atoms with Gasteiger partial charge in [0.25, 0.3) is 0 Å². The number of benzene rings is 2. The van der Waals surface area contributed by atoms with Crippen LogP contribution in [0.25, 0.3) is 11.3 Å². The Labute approximate surface area is 158 Å². The van der Waals surface area contributed by atoms with E-state index in [0.29, 0.717) is 0 Å². The molecule has 1 heterocycles. The topological polar surface area (TPSA) is 47.3 Å². The molecule has 0 fully saturated rings. The van der Waals surface area contributed by atoms with Gasteiger partial charge in [-0.15, -0.1) is 5.10 Å². The predicted octanol–water partition coefficient (Wildman–Crippen LogP) is 4.76. The highest BCUT2D eigenvalue weighted by atomic mass is 35.5. The second-order valence-electron chi connectivity index (χ2n) is 5.56. The van der Waals surface area contributed by atoms with E-state index >= 15 is 0 Å². The maximum atomic E-state index is 14.5. The third kappa shape index (κ3) is 3.16. The van der Waals surface area contributed by atoms with E-state index in [2.05, 4.69) is 5.10 Å². The average molecular weight is 399 g/mol. The van der Waals surface area contributed by atoms with Crippen LogP contribution >= 0.6 is 23.2 Å². The summed E-state index contributed by atoms with van der Waals surface area (Å²) in [5, 5.41) is 15.3. The van der Waals surface area contributed by atoms with Crippen molar-refractivity contribution in [3.05, 3.63) is 69.2 Å². The number of halogens is 4. The minimum Gasteiger partial charge on any atom is -0.480 e. The minimum absolute atomic E-state index is 0.0222. The van der Waals surface area contributed by atoms with Crippen LogP contribution in [0.4, 0.5) is 8.78 Å². The summed E-state index contributed by atoms with van der Waals surface area (Å²) in [6.07, 6.45) is -1.34. The van der Waals surface area contributed by atoms with Gasteiger partial charge in [-0.25, -0.2) is 8.78 Å². The molecule has 0 aliphatic carbocycles. The fraction of sp³-hybridized carbons (Fsp3) is 0.167. The monoisotopic (exact) mass is 398 g/mol. The zero-order valence-corrected chi connectivity index (χ0v) is 15.3. The second kappa shape index (κ2) is 7.23. The number of hydrogen-bond donors (Lipinski definition) is 1. The molecule has 2 aromatic carbocycles. The van der Waals surface area contributed by atoms with Crippen LogP contribution in [0.5, 0.6) is 5.88 Å². The summed E-state index contributed by atoms with van der Waals surface area (Å²) in [7, 11) is 2.95. The number of methoxy groups -OCH3 is 1. The number of aryl methyl sites for hydroxylation is 1. The van der Waals surface area contributed by atoms with Gasteiger partial charge in [0.05, 0.1) is 29.0 Å². The van der Waals surface area contributed by atoms with E-state index in [-0.39, 0.29) is 38.3 Å². The van der Waals surface area contributed by atoms with Crippen LogP contribution in [0.15, 0.2) is 36.4 Å². The second-order valence-corrected chi connectivity index (χ2v) is 6.37. The van der Waals surface area contributed by atoms with Crippen molar-refractivity contribution < 1.29 is 18.6 Å². The van der Waals surface area contributed by atoms with Crippen LogP contribution < -0.4 is 4.74 Å². The lowest BCUT2D eigenvalue weighted by atomic mass is 9.97. The van der Waals surface area contributed by atoms with Crippen LogP contribution in [0.2, 0.25) is 10.0 Å². The lowest BCUT2D eigenvalue weighted by molar-refractivity contribution is 0.215. The predicted molar refractivity (Wildman–Crippen MR) is 95.6 cm³/mol. The first-order valence-corrected chi connectivity index (χ1v) is 8.29. The third-order valence-corrected chi connectivity index (χ3v) is 4.62. The van der Waals surface area contributed by atoms with E-state index in [9.17, 15) is 13.9 Å². The molecule has 26 heavy (non-hydrogen) atoms. The van der Waals surface area contributed by atoms with Gasteiger partial charge in [-0.1, -0.05) is 35.3 Å². The van der Waals surface area contributed by atoms with Gasteiger partial charge in [-0.2, -0.15) is 0 Å². The smallest absolute Gasteiger partial charge is 0.239 e. The fourth-order valence-corrected chi connectivity index (χ4v) is 3.34. The molecule has 8 heteroatoms. The van der Waals surface area contributed by atoms with Gasteiger partial charge in [0.2, 0.25) is 5.88 Å². The Kier molecular flexibility index (Phi) is 5.18. The standard InChI is InChI=1S/C18H14Cl2F2N2O2/c1-24-16(14-11(19)4-3-5-13(14)22)15(18(23-24)26-2)17(25)10-7-6-9(21)8-12(10)20/h3-8,17,25H,1-2H3. The van der Waals surface area contributed by atoms with Crippen molar-refractivity contribution >= 4 is 23.2 Å². The van der Waals surface area contributed by atoms with Crippen molar-refractivity contribution in [1.82, 2.24) is 9.78 Å². The van der Waals surface area contributed by atoms with Crippen molar-refractivity contribution in [1.29, 1.82) is 0 Å². The summed E-state index contributed by atoms with van der Waals surface area (Å²) in [5.41, 5.74) is 0.709. The number of aliphatic hydroxyl groups excluding tert-OH is 1. The maximum Gasteiger partial charge on any atom is 0.239 e. The first kappa shape index (κ1) is 18.6. The molecular weight excluding hydrogens is 385 g/mol. The van der Waals surface area contributed by atoms with Gasteiger partial charge in [-0.05, 0) is 24.3 Å². The molecular formula is C18H14Cl2F2N2O2. The Morgan fingerprint density at radius 1 is 1.15 bits per heavy atom. The Bertz CT molecular complexity index is 956. The van der Waals surface area contributed by atoms with Crippen LogP contribution in [0.3, 0.4) is 0 Å². The molecule has 3 rings (SSSR count). The van der Waals surface area contributed by atoms with E-state index in [4.69, 9.17) is 27.9 Å². The first-order valence-electron chi connectivity index (χ1n) is 7.53. The zero-order chi connectivity index (χ0) is 19.0. The number of hydrogen-bond acceptors (Lipinski definition) is 3. The molecule has 0 aliphatic heterocycles. The van der Waals surface area contributed by atoms with Crippen molar-refractivity contribution in [3.8, 4) is 17.1 Å². The number of nitrogens with zero attached hydrogens (tertiary/aromatic N) is 2. The van der Waals surface area contributed by atoms with E-state index in [1.165, 1.54) is 42.1 Å². The average Bonchev–Trinajstić information content (AvgIpc) is 2.91. The van der Waals surface area contributed by atoms with Crippen LogP contribution in [0.1, 0.15) is 17.2 Å². The molecule has 3 aromatic rings. The third-order valence-electron chi connectivity index (χ3n) is 3.97. The molecule has 1 N–H and O–H groups in total. The molecule has 1 unspecified atom stereocenters. The molecule has 0 bridgehead atoms. The Morgan fingerprint density at radius 2 is 1.88 bits per heavy atom. The van der Waals surface area contributed by atoms with Crippen LogP contribution in [-0.2, 0) is 7.05 Å². The maximum absolute atomic E-state index is 14.5. The highest BCUT2D eigenvalue weighted by Gasteiger charge is 2.29. The summed E-state index contributed by atoms with van der Waals surface area (Å²) in [6.45, 7) is 0. The molecule has 0 saturated carbocycles. The Morgan fingerprint density at radius 3 is 2.50 bits per heavy atom. The zero-order valence-electron chi connectivity index (χ0n) is 13.8. The Balaban J connectivity index is 2.27. The van der Waals surface area contributed by atoms with Crippen molar-refractivity contribution in [2.24, 2.45) is 7.05 Å². The lowest BCUT2D eigenvalue weighted by Crippen LogP contribution is -2.05. The molecule has 0 saturated heterocycles. The van der Waals surface area contributed by atoms with Gasteiger partial charge in [0, 0.05) is 17.6 Å². The summed E-state index contributed by atoms with van der Waals surface area (Å²) in [6, 6.07) is 7.85. The Hall–Kier alpha value is -2.15. The van der Waals surface area contributed by atoms with Crippen LogP contribution in [0, 0.1) is 11.6 Å². The molecule has 4 nitrogen and oxygen atoms in total. The normalized spacial score (nSPS) is 12.3. The summed E-state index contributed by atoms with van der Waals surface area (Å²) in [5.74, 6) is -1.04. The first-order chi connectivity index (χ1) is 12.3. The van der Waals surface area contributed by atoms with Crippen LogP contribution in [-0.4, -0.2) is 22.0 Å². The summed E-state index contributed by atoms with van der Waals surface area (Å²) < 4.78 is 34.4. The number of aromatic nitrogens is 2. The molecule has 0 spiro atoms. The highest BCUT2D eigenvalue weighted by molar-refractivity contribution is 6.33. The highest BCUT2D eigenvalue weighted by Crippen LogP contribution is 2.42. The molecule has 136 valence electrons. The number of aliphatic hydroxyl groups is 1. The number of rotatable bonds is 4. The van der Waals surface area contributed by atoms with Gasteiger partial charge >= 0.3 is 0 Å². The van der Waals surface area contributed by atoms with Crippen molar-refractivity contribution in [2.75, 3.05) is 7.11 Å². The number of ether oxygens (including phenoxy) is 1. The van der Waals surface area contributed by atoms with Gasteiger partial charge in [0.15, 0.2) is 0 Å². The SMILES string of the molecule is COc1nn(C)c(-c2c(F)cccc2Cl)c1C(O)c1ccc(F)cc1Cl. The molecule has 1 aromatic heterocycles. The summed E-state index contributed by atoms with van der Waals surface area (Å²) >= 11 is 12.3. The van der Waals surface area contributed by atoms with Crippen molar-refractivity contribution in [2.45, 2.75) is 6.10 Å². The molecule has 0 aliphatic rings. The molecule has 0 amide bonds. The molecule has 0 radical (unpaired) electrons. The largest absolute Gasteiger partial charge is 0.480 e. The van der Waals surface area contributed by atoms with Crippen molar-refractivity contribution in [3.63, 3.8) is 0 Å². The quantitative estimate of drug-likeness (QED) is 0.688. The van der Waals surface area contributed by atoms with E-state index in [0.717, 1.165) is 6.07 Å². The summed E-state index contributed by atoms with van der Waals surface area (Å²) in [4.78, 5) is 0. The van der Waals surface area contributed by atoms with E-state index < -0.39 is 17.7 Å². The van der Waals surface area contributed by atoms with E-state index in [1.807, 2.05) is 0 Å². The van der Waals surface area contributed by atoms with Gasteiger partial charge in [0.1, 0.15) is 17.7 Å². The lowest BCUT2D eigenvalue weighted by Gasteiger charge is -2.16. The minimum atomic E-state index is -1.34. The van der Waals surface area contributed by atoms with E-state index in [1.54, 1.807) is 7.05 Å². The van der Waals surface area contributed by atoms with Gasteiger partial charge < -0.3 is 9.84 Å².